The van der Waals surface area contributed by atoms with Gasteiger partial charge in [-0.25, -0.2) is 9.59 Å². The third kappa shape index (κ3) is 6.87. The topological polar surface area (TPSA) is 93.7 Å². The van der Waals surface area contributed by atoms with Gasteiger partial charge >= 0.3 is 12.0 Å². The standard InChI is InChI=1S/C16H21ClN2O5/c1-9(2)18-16(22)19-15(21)11(4)24-14(20)8-23-13-6-5-12(17)7-10(13)3/h5-7,9,11H,8H2,1-4H3,(H2,18,19,21,22). The Morgan fingerprint density at radius 3 is 2.46 bits per heavy atom. The minimum atomic E-state index is -1.12. The molecular formula is C16H21ClN2O5. The van der Waals surface area contributed by atoms with Crippen LogP contribution in [0.3, 0.4) is 0 Å². The number of amides is 3. The van der Waals surface area contributed by atoms with E-state index in [4.69, 9.17) is 21.1 Å². The predicted molar refractivity (Wildman–Crippen MR) is 89.0 cm³/mol. The van der Waals surface area contributed by atoms with Crippen molar-refractivity contribution in [2.75, 3.05) is 6.61 Å². The van der Waals surface area contributed by atoms with E-state index in [1.54, 1.807) is 39.0 Å². The summed E-state index contributed by atoms with van der Waals surface area (Å²) in [5.41, 5.74) is 0.770. The van der Waals surface area contributed by atoms with Gasteiger partial charge in [0.05, 0.1) is 0 Å². The molecule has 1 rings (SSSR count). The van der Waals surface area contributed by atoms with Gasteiger partial charge in [-0.3, -0.25) is 10.1 Å². The summed E-state index contributed by atoms with van der Waals surface area (Å²) in [6.07, 6.45) is -1.12. The van der Waals surface area contributed by atoms with E-state index in [9.17, 15) is 14.4 Å². The summed E-state index contributed by atoms with van der Waals surface area (Å²) in [4.78, 5) is 34.9. The zero-order valence-electron chi connectivity index (χ0n) is 14.0. The van der Waals surface area contributed by atoms with Crippen LogP contribution in [0.15, 0.2) is 18.2 Å². The van der Waals surface area contributed by atoms with Crippen LogP contribution in [0.5, 0.6) is 5.75 Å². The maximum atomic E-state index is 11.7. The van der Waals surface area contributed by atoms with Crippen LogP contribution in [-0.2, 0) is 14.3 Å². The summed E-state index contributed by atoms with van der Waals surface area (Å²) in [5.74, 6) is -0.954. The first kappa shape index (κ1) is 19.8. The van der Waals surface area contributed by atoms with Crippen LogP contribution < -0.4 is 15.4 Å². The van der Waals surface area contributed by atoms with Crippen LogP contribution in [0.1, 0.15) is 26.3 Å². The number of benzene rings is 1. The van der Waals surface area contributed by atoms with Gasteiger partial charge in [-0.2, -0.15) is 0 Å². The Kier molecular flexibility index (Phi) is 7.51. The van der Waals surface area contributed by atoms with Gasteiger partial charge in [0, 0.05) is 11.1 Å². The molecule has 0 aliphatic heterocycles. The number of ether oxygens (including phenoxy) is 2. The maximum Gasteiger partial charge on any atom is 0.344 e. The van der Waals surface area contributed by atoms with Crippen molar-refractivity contribution >= 4 is 29.5 Å². The number of imide groups is 1. The summed E-state index contributed by atoms with van der Waals surface area (Å²) < 4.78 is 10.2. The second-order valence-corrected chi connectivity index (χ2v) is 5.88. The van der Waals surface area contributed by atoms with Crippen molar-refractivity contribution in [1.82, 2.24) is 10.6 Å². The van der Waals surface area contributed by atoms with Crippen molar-refractivity contribution in [3.8, 4) is 5.75 Å². The second kappa shape index (κ2) is 9.12. The van der Waals surface area contributed by atoms with E-state index < -0.39 is 24.0 Å². The van der Waals surface area contributed by atoms with Crippen molar-refractivity contribution < 1.29 is 23.9 Å². The summed E-state index contributed by atoms with van der Waals surface area (Å²) in [6.45, 7) is 6.30. The van der Waals surface area contributed by atoms with Gasteiger partial charge in [0.1, 0.15) is 5.75 Å². The van der Waals surface area contributed by atoms with Crippen LogP contribution in [0.25, 0.3) is 0 Å². The Morgan fingerprint density at radius 1 is 1.21 bits per heavy atom. The number of esters is 1. The van der Waals surface area contributed by atoms with Crippen molar-refractivity contribution in [2.24, 2.45) is 0 Å². The molecule has 24 heavy (non-hydrogen) atoms. The number of nitrogens with one attached hydrogen (secondary N) is 2. The average Bonchev–Trinajstić information content (AvgIpc) is 2.45. The van der Waals surface area contributed by atoms with Crippen LogP contribution in [0.4, 0.5) is 4.79 Å². The second-order valence-electron chi connectivity index (χ2n) is 5.45. The number of hydrogen-bond donors (Lipinski definition) is 2. The first-order valence-corrected chi connectivity index (χ1v) is 7.76. The van der Waals surface area contributed by atoms with Crippen molar-refractivity contribution in [1.29, 1.82) is 0 Å². The molecule has 0 heterocycles. The molecule has 2 N–H and O–H groups in total. The van der Waals surface area contributed by atoms with E-state index in [0.717, 1.165) is 5.56 Å². The van der Waals surface area contributed by atoms with Crippen LogP contribution >= 0.6 is 11.6 Å². The molecule has 1 atom stereocenters. The number of carbonyl (C=O) groups is 3. The number of carbonyl (C=O) groups excluding carboxylic acids is 3. The third-order valence-electron chi connectivity index (χ3n) is 2.82. The molecule has 132 valence electrons. The van der Waals surface area contributed by atoms with Gasteiger partial charge in [0.15, 0.2) is 12.7 Å². The fourth-order valence-electron chi connectivity index (χ4n) is 1.71. The van der Waals surface area contributed by atoms with Crippen molar-refractivity contribution in [3.05, 3.63) is 28.8 Å². The Balaban J connectivity index is 2.43. The number of halogens is 1. The Bertz CT molecular complexity index is 618. The molecule has 0 spiro atoms. The summed E-state index contributed by atoms with van der Waals surface area (Å²) in [5, 5.41) is 5.14. The highest BCUT2D eigenvalue weighted by Gasteiger charge is 2.20. The number of hydrogen-bond acceptors (Lipinski definition) is 5. The molecule has 7 nitrogen and oxygen atoms in total. The highest BCUT2D eigenvalue weighted by molar-refractivity contribution is 6.30. The monoisotopic (exact) mass is 356 g/mol. The zero-order chi connectivity index (χ0) is 18.3. The fraction of sp³-hybridized carbons (Fsp3) is 0.438. The van der Waals surface area contributed by atoms with Gasteiger partial charge < -0.3 is 14.8 Å². The lowest BCUT2D eigenvalue weighted by molar-refractivity contribution is -0.156. The van der Waals surface area contributed by atoms with Gasteiger partial charge in [0.25, 0.3) is 5.91 Å². The Morgan fingerprint density at radius 2 is 1.88 bits per heavy atom. The van der Waals surface area contributed by atoms with E-state index in [1.807, 2.05) is 0 Å². The van der Waals surface area contributed by atoms with Gasteiger partial charge in [-0.05, 0) is 51.5 Å². The molecule has 1 unspecified atom stereocenters. The smallest absolute Gasteiger partial charge is 0.344 e. The van der Waals surface area contributed by atoms with Gasteiger partial charge in [-0.1, -0.05) is 11.6 Å². The molecule has 0 fully saturated rings. The highest BCUT2D eigenvalue weighted by atomic mass is 35.5. The Labute approximate surface area is 145 Å². The van der Waals surface area contributed by atoms with Gasteiger partial charge in [0.2, 0.25) is 0 Å². The molecule has 0 aliphatic rings. The van der Waals surface area contributed by atoms with Gasteiger partial charge in [-0.15, -0.1) is 0 Å². The molecule has 0 bridgehead atoms. The number of urea groups is 1. The number of rotatable bonds is 6. The normalized spacial score (nSPS) is 11.6. The Hall–Kier alpha value is -2.28. The average molecular weight is 357 g/mol. The lowest BCUT2D eigenvalue weighted by Gasteiger charge is -2.15. The van der Waals surface area contributed by atoms with Crippen LogP contribution in [0, 0.1) is 6.92 Å². The van der Waals surface area contributed by atoms with E-state index in [0.29, 0.717) is 10.8 Å². The first-order valence-electron chi connectivity index (χ1n) is 7.38. The third-order valence-corrected chi connectivity index (χ3v) is 3.05. The van der Waals surface area contributed by atoms with Crippen LogP contribution in [0.2, 0.25) is 5.02 Å². The molecular weight excluding hydrogens is 336 g/mol. The molecule has 1 aromatic rings. The van der Waals surface area contributed by atoms with Crippen molar-refractivity contribution in [2.45, 2.75) is 39.8 Å². The molecule has 0 radical (unpaired) electrons. The van der Waals surface area contributed by atoms with Crippen molar-refractivity contribution in [3.63, 3.8) is 0 Å². The molecule has 0 saturated carbocycles. The molecule has 0 aliphatic carbocycles. The number of aryl methyl sites for hydroxylation is 1. The van der Waals surface area contributed by atoms with E-state index >= 15 is 0 Å². The minimum Gasteiger partial charge on any atom is -0.482 e. The lowest BCUT2D eigenvalue weighted by Crippen LogP contribution is -2.46. The van der Waals surface area contributed by atoms with E-state index in [2.05, 4.69) is 10.6 Å². The maximum absolute atomic E-state index is 11.7. The highest BCUT2D eigenvalue weighted by Crippen LogP contribution is 2.21. The van der Waals surface area contributed by atoms with E-state index in [-0.39, 0.29) is 12.6 Å². The molecule has 3 amide bonds. The zero-order valence-corrected chi connectivity index (χ0v) is 14.8. The first-order chi connectivity index (χ1) is 11.2. The summed E-state index contributed by atoms with van der Waals surface area (Å²) >= 11 is 5.83. The summed E-state index contributed by atoms with van der Waals surface area (Å²) in [6, 6.07) is 4.21. The molecule has 8 heteroatoms. The molecule has 1 aromatic carbocycles. The fourth-order valence-corrected chi connectivity index (χ4v) is 1.93. The summed E-state index contributed by atoms with van der Waals surface area (Å²) in [7, 11) is 0. The SMILES string of the molecule is Cc1cc(Cl)ccc1OCC(=O)OC(C)C(=O)NC(=O)NC(C)C. The van der Waals surface area contributed by atoms with Crippen LogP contribution in [-0.4, -0.2) is 36.7 Å². The lowest BCUT2D eigenvalue weighted by atomic mass is 10.2. The minimum absolute atomic E-state index is 0.119. The van der Waals surface area contributed by atoms with E-state index in [1.165, 1.54) is 6.92 Å². The quantitative estimate of drug-likeness (QED) is 0.762. The largest absolute Gasteiger partial charge is 0.482 e. The molecule has 0 saturated heterocycles. The molecule has 0 aromatic heterocycles. The predicted octanol–water partition coefficient (Wildman–Crippen LogP) is 2.19.